The van der Waals surface area contributed by atoms with E-state index in [0.717, 1.165) is 31.6 Å². The van der Waals surface area contributed by atoms with Gasteiger partial charge in [0, 0.05) is 19.2 Å². The van der Waals surface area contributed by atoms with Gasteiger partial charge in [-0.1, -0.05) is 0 Å². The Morgan fingerprint density at radius 2 is 2.05 bits per heavy atom. The zero-order chi connectivity index (χ0) is 14.8. The first kappa shape index (κ1) is 14.2. The predicted octanol–water partition coefficient (Wildman–Crippen LogP) is 2.78. The molecule has 3 rings (SSSR count). The number of carbonyl (C=O) groups excluding carboxylic acids is 1. The smallest absolute Gasteiger partial charge is 0.314 e. The summed E-state index contributed by atoms with van der Waals surface area (Å²) in [6.45, 7) is 5.93. The lowest BCUT2D eigenvalue weighted by Crippen LogP contribution is -2.19. The summed E-state index contributed by atoms with van der Waals surface area (Å²) in [6.07, 6.45) is 6.05. The third-order valence-corrected chi connectivity index (χ3v) is 3.74. The summed E-state index contributed by atoms with van der Waals surface area (Å²) in [7, 11) is 0. The average molecular weight is 290 g/mol. The summed E-state index contributed by atoms with van der Waals surface area (Å²) in [5, 5.41) is 0. The molecule has 5 nitrogen and oxygen atoms in total. The van der Waals surface area contributed by atoms with Gasteiger partial charge in [0.2, 0.25) is 0 Å². The Morgan fingerprint density at radius 1 is 1.33 bits per heavy atom. The standard InChI is InChI=1S/C16H22N2O3/c1-11(2)20-15-14(21-16(19)12-5-6-12)9-13(10-17-15)18-7-3-4-8-18/h9-12H,3-8H2,1-2H3. The van der Waals surface area contributed by atoms with Crippen molar-refractivity contribution in [2.75, 3.05) is 18.0 Å². The van der Waals surface area contributed by atoms with Crippen LogP contribution in [0.2, 0.25) is 0 Å². The van der Waals surface area contributed by atoms with Gasteiger partial charge < -0.3 is 14.4 Å². The fourth-order valence-corrected chi connectivity index (χ4v) is 2.47. The molecule has 5 heteroatoms. The highest BCUT2D eigenvalue weighted by atomic mass is 16.6. The molecule has 114 valence electrons. The van der Waals surface area contributed by atoms with Gasteiger partial charge in [-0.2, -0.15) is 0 Å². The van der Waals surface area contributed by atoms with Crippen LogP contribution >= 0.6 is 0 Å². The third kappa shape index (κ3) is 3.46. The van der Waals surface area contributed by atoms with Crippen molar-refractivity contribution in [2.45, 2.75) is 45.6 Å². The molecule has 1 aromatic rings. The lowest BCUT2D eigenvalue weighted by atomic mass is 10.3. The largest absolute Gasteiger partial charge is 0.472 e. The van der Waals surface area contributed by atoms with Gasteiger partial charge in [-0.3, -0.25) is 4.79 Å². The molecule has 2 fully saturated rings. The number of pyridine rings is 1. The van der Waals surface area contributed by atoms with Crippen LogP contribution < -0.4 is 14.4 Å². The number of hydrogen-bond donors (Lipinski definition) is 0. The number of carbonyl (C=O) groups is 1. The van der Waals surface area contributed by atoms with Crippen LogP contribution in [0.25, 0.3) is 0 Å². The van der Waals surface area contributed by atoms with Crippen LogP contribution in [0.1, 0.15) is 39.5 Å². The van der Waals surface area contributed by atoms with Crippen LogP contribution in [0.4, 0.5) is 5.69 Å². The second-order valence-corrected chi connectivity index (χ2v) is 6.05. The first-order chi connectivity index (χ1) is 10.1. The van der Waals surface area contributed by atoms with Crippen LogP contribution in [0.3, 0.4) is 0 Å². The quantitative estimate of drug-likeness (QED) is 0.780. The molecule has 2 aliphatic rings. The Balaban J connectivity index is 1.82. The lowest BCUT2D eigenvalue weighted by molar-refractivity contribution is -0.135. The Kier molecular flexibility index (Phi) is 3.99. The van der Waals surface area contributed by atoms with Crippen LogP contribution in [-0.4, -0.2) is 30.1 Å². The molecule has 21 heavy (non-hydrogen) atoms. The van der Waals surface area contributed by atoms with Crippen molar-refractivity contribution in [3.8, 4) is 11.6 Å². The van der Waals surface area contributed by atoms with Crippen molar-refractivity contribution in [3.63, 3.8) is 0 Å². The third-order valence-electron chi connectivity index (χ3n) is 3.74. The van der Waals surface area contributed by atoms with E-state index in [1.54, 1.807) is 6.20 Å². The Morgan fingerprint density at radius 3 is 2.67 bits per heavy atom. The van der Waals surface area contributed by atoms with E-state index >= 15 is 0 Å². The number of aromatic nitrogens is 1. The maximum Gasteiger partial charge on any atom is 0.314 e. The molecule has 0 N–H and O–H groups in total. The molecule has 2 heterocycles. The minimum atomic E-state index is -0.163. The maximum atomic E-state index is 11.9. The monoisotopic (exact) mass is 290 g/mol. The van der Waals surface area contributed by atoms with Gasteiger partial charge in [-0.05, 0) is 39.5 Å². The minimum Gasteiger partial charge on any atom is -0.472 e. The van der Waals surface area contributed by atoms with E-state index in [0.29, 0.717) is 11.6 Å². The SMILES string of the molecule is CC(C)Oc1ncc(N2CCCC2)cc1OC(=O)C1CC1. The molecule has 0 bridgehead atoms. The van der Waals surface area contributed by atoms with Crippen LogP contribution in [0.15, 0.2) is 12.3 Å². The number of esters is 1. The molecular formula is C16H22N2O3. The van der Waals surface area contributed by atoms with E-state index in [2.05, 4.69) is 9.88 Å². The predicted molar refractivity (Wildman–Crippen MR) is 79.8 cm³/mol. The highest BCUT2D eigenvalue weighted by Crippen LogP contribution is 2.35. The van der Waals surface area contributed by atoms with Crippen molar-refractivity contribution in [1.29, 1.82) is 0 Å². The van der Waals surface area contributed by atoms with Crippen molar-refractivity contribution in [2.24, 2.45) is 5.92 Å². The van der Waals surface area contributed by atoms with E-state index < -0.39 is 0 Å². The minimum absolute atomic E-state index is 0.00601. The molecule has 0 spiro atoms. The normalized spacial score (nSPS) is 18.1. The second-order valence-electron chi connectivity index (χ2n) is 6.05. The molecule has 1 aliphatic carbocycles. The summed E-state index contributed by atoms with van der Waals surface area (Å²) in [4.78, 5) is 18.5. The van der Waals surface area contributed by atoms with Gasteiger partial charge in [0.05, 0.1) is 23.9 Å². The zero-order valence-electron chi connectivity index (χ0n) is 12.7. The van der Waals surface area contributed by atoms with Crippen molar-refractivity contribution < 1.29 is 14.3 Å². The molecule has 1 aliphatic heterocycles. The fraction of sp³-hybridized carbons (Fsp3) is 0.625. The topological polar surface area (TPSA) is 51.7 Å². The summed E-state index contributed by atoms with van der Waals surface area (Å²) in [5.41, 5.74) is 1.00. The number of nitrogens with zero attached hydrogens (tertiary/aromatic N) is 2. The molecule has 0 unspecified atom stereocenters. The van der Waals surface area contributed by atoms with Gasteiger partial charge in [0.15, 0.2) is 5.75 Å². The number of hydrogen-bond acceptors (Lipinski definition) is 5. The molecular weight excluding hydrogens is 268 g/mol. The van der Waals surface area contributed by atoms with Crippen LogP contribution in [0, 0.1) is 5.92 Å². The molecule has 0 amide bonds. The van der Waals surface area contributed by atoms with E-state index in [4.69, 9.17) is 9.47 Å². The van der Waals surface area contributed by atoms with E-state index in [9.17, 15) is 4.79 Å². The second kappa shape index (κ2) is 5.92. The molecule has 0 aromatic carbocycles. The van der Waals surface area contributed by atoms with Gasteiger partial charge in [0.1, 0.15) is 0 Å². The van der Waals surface area contributed by atoms with Crippen molar-refractivity contribution >= 4 is 11.7 Å². The highest BCUT2D eigenvalue weighted by Gasteiger charge is 2.32. The summed E-state index contributed by atoms with van der Waals surface area (Å²) in [5.74, 6) is 0.753. The van der Waals surface area contributed by atoms with Crippen molar-refractivity contribution in [3.05, 3.63) is 12.3 Å². The number of rotatable bonds is 5. The fourth-order valence-electron chi connectivity index (χ4n) is 2.47. The lowest BCUT2D eigenvalue weighted by Gasteiger charge is -2.19. The molecule has 1 aromatic heterocycles. The highest BCUT2D eigenvalue weighted by molar-refractivity contribution is 5.78. The van der Waals surface area contributed by atoms with Crippen LogP contribution in [0.5, 0.6) is 11.6 Å². The van der Waals surface area contributed by atoms with E-state index in [1.165, 1.54) is 12.8 Å². The van der Waals surface area contributed by atoms with E-state index in [1.807, 2.05) is 19.9 Å². The van der Waals surface area contributed by atoms with Gasteiger partial charge >= 0.3 is 5.97 Å². The zero-order valence-corrected chi connectivity index (χ0v) is 12.7. The summed E-state index contributed by atoms with van der Waals surface area (Å²) >= 11 is 0. The molecule has 0 radical (unpaired) electrons. The Bertz CT molecular complexity index is 520. The first-order valence-corrected chi connectivity index (χ1v) is 7.77. The van der Waals surface area contributed by atoms with Crippen LogP contribution in [-0.2, 0) is 4.79 Å². The maximum absolute atomic E-state index is 11.9. The number of anilines is 1. The molecule has 1 saturated heterocycles. The van der Waals surface area contributed by atoms with Crippen molar-refractivity contribution in [1.82, 2.24) is 4.98 Å². The van der Waals surface area contributed by atoms with E-state index in [-0.39, 0.29) is 18.0 Å². The number of ether oxygens (including phenoxy) is 2. The average Bonchev–Trinajstić information content (AvgIpc) is 3.16. The molecule has 0 atom stereocenters. The Hall–Kier alpha value is -1.78. The summed E-state index contributed by atoms with van der Waals surface area (Å²) in [6, 6.07) is 1.89. The van der Waals surface area contributed by atoms with Gasteiger partial charge in [-0.15, -0.1) is 0 Å². The Labute approximate surface area is 125 Å². The first-order valence-electron chi connectivity index (χ1n) is 7.77. The van der Waals surface area contributed by atoms with Gasteiger partial charge in [-0.25, -0.2) is 4.98 Å². The summed E-state index contributed by atoms with van der Waals surface area (Å²) < 4.78 is 11.2. The molecule has 1 saturated carbocycles. The van der Waals surface area contributed by atoms with Gasteiger partial charge in [0.25, 0.3) is 5.88 Å².